The van der Waals surface area contributed by atoms with Crippen LogP contribution in [0.3, 0.4) is 0 Å². The van der Waals surface area contributed by atoms with Crippen LogP contribution >= 0.6 is 11.6 Å². The molecule has 0 saturated carbocycles. The number of hydrogen-bond donors (Lipinski definition) is 3. The Labute approximate surface area is 166 Å². The van der Waals surface area contributed by atoms with Crippen LogP contribution in [0.15, 0.2) is 48.5 Å². The molecule has 9 heteroatoms. The maximum Gasteiger partial charge on any atom is 0.312 e. The summed E-state index contributed by atoms with van der Waals surface area (Å²) in [5.41, 5.74) is 5.88. The monoisotopic (exact) mass is 407 g/mol. The van der Waals surface area contributed by atoms with Gasteiger partial charge in [-0.15, -0.1) is 0 Å². The molecule has 0 aliphatic carbocycles. The summed E-state index contributed by atoms with van der Waals surface area (Å²) in [7, 11) is 0. The van der Waals surface area contributed by atoms with E-state index < -0.39 is 35.9 Å². The number of carbonyl (C=O) groups excluding carboxylic acids is 3. The standard InChI is InChI=1S/C19H19ClFN3O4/c1-11(18(26)23-13-6-4-5-12(21)9-13)28-17(25)10-16(24-19(22)27)14-7-2-3-8-15(14)20/h2-9,11,16H,10H2,1H3,(H,23,26)(H3,22,24,27)/t11-,16-/m0/s1. The van der Waals surface area contributed by atoms with E-state index in [-0.39, 0.29) is 12.1 Å². The van der Waals surface area contributed by atoms with E-state index in [0.717, 1.165) is 6.07 Å². The van der Waals surface area contributed by atoms with Crippen molar-refractivity contribution in [2.45, 2.75) is 25.5 Å². The Balaban J connectivity index is 2.00. The number of halogens is 2. The minimum Gasteiger partial charge on any atom is -0.452 e. The first-order chi connectivity index (χ1) is 13.3. The van der Waals surface area contributed by atoms with Gasteiger partial charge < -0.3 is 21.1 Å². The molecule has 0 aliphatic rings. The van der Waals surface area contributed by atoms with Gasteiger partial charge in [0.05, 0.1) is 12.5 Å². The van der Waals surface area contributed by atoms with Crippen LogP contribution in [-0.4, -0.2) is 24.0 Å². The van der Waals surface area contributed by atoms with E-state index in [0.29, 0.717) is 10.6 Å². The first kappa shape index (κ1) is 21.2. The molecular formula is C19H19ClFN3O4. The predicted octanol–water partition coefficient (Wildman–Crippen LogP) is 3.15. The SMILES string of the molecule is C[C@H](OC(=O)C[C@H](NC(N)=O)c1ccccc1Cl)C(=O)Nc1cccc(F)c1. The highest BCUT2D eigenvalue weighted by Gasteiger charge is 2.24. The molecule has 0 bridgehead atoms. The van der Waals surface area contributed by atoms with Crippen LogP contribution in [0, 0.1) is 5.82 Å². The number of amides is 3. The molecule has 2 aromatic rings. The van der Waals surface area contributed by atoms with E-state index in [1.807, 2.05) is 0 Å². The molecule has 2 aromatic carbocycles. The van der Waals surface area contributed by atoms with Crippen molar-refractivity contribution in [3.63, 3.8) is 0 Å². The van der Waals surface area contributed by atoms with Crippen molar-refractivity contribution in [2.24, 2.45) is 5.73 Å². The van der Waals surface area contributed by atoms with Crippen molar-refractivity contribution < 1.29 is 23.5 Å². The van der Waals surface area contributed by atoms with Crippen LogP contribution in [0.4, 0.5) is 14.9 Å². The molecule has 0 aromatic heterocycles. The zero-order valence-electron chi connectivity index (χ0n) is 14.9. The molecule has 3 amide bonds. The molecule has 28 heavy (non-hydrogen) atoms. The molecular weight excluding hydrogens is 389 g/mol. The molecule has 0 radical (unpaired) electrons. The van der Waals surface area contributed by atoms with Gasteiger partial charge in [-0.1, -0.05) is 35.9 Å². The Morgan fingerprint density at radius 3 is 2.54 bits per heavy atom. The van der Waals surface area contributed by atoms with Crippen molar-refractivity contribution in [2.75, 3.05) is 5.32 Å². The van der Waals surface area contributed by atoms with Crippen LogP contribution in [-0.2, 0) is 14.3 Å². The average molecular weight is 408 g/mol. The lowest BCUT2D eigenvalue weighted by molar-refractivity contribution is -0.153. The number of rotatable bonds is 7. The maximum atomic E-state index is 13.2. The number of primary amides is 1. The van der Waals surface area contributed by atoms with Crippen molar-refractivity contribution >= 4 is 35.2 Å². The lowest BCUT2D eigenvalue weighted by Gasteiger charge is -2.20. The highest BCUT2D eigenvalue weighted by Crippen LogP contribution is 2.25. The van der Waals surface area contributed by atoms with E-state index >= 15 is 0 Å². The molecule has 2 atom stereocenters. The zero-order chi connectivity index (χ0) is 20.7. The van der Waals surface area contributed by atoms with Crippen molar-refractivity contribution in [1.82, 2.24) is 5.32 Å². The number of urea groups is 1. The summed E-state index contributed by atoms with van der Waals surface area (Å²) in [6, 6.07) is 10.3. The number of nitrogens with one attached hydrogen (secondary N) is 2. The van der Waals surface area contributed by atoms with Crippen molar-refractivity contribution in [3.8, 4) is 0 Å². The van der Waals surface area contributed by atoms with Gasteiger partial charge in [0.25, 0.3) is 5.91 Å². The van der Waals surface area contributed by atoms with Gasteiger partial charge in [-0.05, 0) is 36.8 Å². The van der Waals surface area contributed by atoms with Crippen LogP contribution in [0.25, 0.3) is 0 Å². The second kappa shape index (κ2) is 9.70. The van der Waals surface area contributed by atoms with Gasteiger partial charge in [-0.2, -0.15) is 0 Å². The number of hydrogen-bond acceptors (Lipinski definition) is 4. The first-order valence-corrected chi connectivity index (χ1v) is 8.70. The maximum absolute atomic E-state index is 13.2. The van der Waals surface area contributed by atoms with E-state index in [1.54, 1.807) is 24.3 Å². The van der Waals surface area contributed by atoms with Gasteiger partial charge in [0.1, 0.15) is 5.82 Å². The number of benzene rings is 2. The largest absolute Gasteiger partial charge is 0.452 e. The lowest BCUT2D eigenvalue weighted by Crippen LogP contribution is -2.36. The molecule has 0 aliphatic heterocycles. The van der Waals surface area contributed by atoms with E-state index in [1.165, 1.54) is 25.1 Å². The Morgan fingerprint density at radius 2 is 1.89 bits per heavy atom. The second-order valence-electron chi connectivity index (χ2n) is 5.92. The molecule has 0 spiro atoms. The zero-order valence-corrected chi connectivity index (χ0v) is 15.7. The molecule has 148 valence electrons. The van der Waals surface area contributed by atoms with Gasteiger partial charge in [-0.25, -0.2) is 9.18 Å². The number of esters is 1. The van der Waals surface area contributed by atoms with E-state index in [4.69, 9.17) is 22.1 Å². The van der Waals surface area contributed by atoms with Crippen LogP contribution in [0.2, 0.25) is 5.02 Å². The molecule has 0 heterocycles. The highest BCUT2D eigenvalue weighted by atomic mass is 35.5. The number of ether oxygens (including phenoxy) is 1. The summed E-state index contributed by atoms with van der Waals surface area (Å²) >= 11 is 6.11. The van der Waals surface area contributed by atoms with Gasteiger partial charge in [0.2, 0.25) is 0 Å². The Morgan fingerprint density at radius 1 is 1.18 bits per heavy atom. The van der Waals surface area contributed by atoms with E-state index in [2.05, 4.69) is 10.6 Å². The minimum atomic E-state index is -1.14. The predicted molar refractivity (Wildman–Crippen MR) is 102 cm³/mol. The molecule has 2 rings (SSSR count). The summed E-state index contributed by atoms with van der Waals surface area (Å²) < 4.78 is 18.3. The van der Waals surface area contributed by atoms with Gasteiger partial charge >= 0.3 is 12.0 Å². The third kappa shape index (κ3) is 6.24. The Kier molecular flexibility index (Phi) is 7.34. The van der Waals surface area contributed by atoms with Gasteiger partial charge in [0.15, 0.2) is 6.10 Å². The smallest absolute Gasteiger partial charge is 0.312 e. The fraction of sp³-hybridized carbons (Fsp3) is 0.211. The number of carbonyl (C=O) groups is 3. The quantitative estimate of drug-likeness (QED) is 0.612. The lowest BCUT2D eigenvalue weighted by atomic mass is 10.0. The molecule has 0 saturated heterocycles. The third-order valence-corrected chi connectivity index (χ3v) is 4.08. The van der Waals surface area contributed by atoms with E-state index in [9.17, 15) is 18.8 Å². The summed E-state index contributed by atoms with van der Waals surface area (Å²) in [6.07, 6.45) is -1.43. The minimum absolute atomic E-state index is 0.234. The summed E-state index contributed by atoms with van der Waals surface area (Å²) in [5.74, 6) is -1.89. The third-order valence-electron chi connectivity index (χ3n) is 3.74. The molecule has 7 nitrogen and oxygen atoms in total. The van der Waals surface area contributed by atoms with Crippen LogP contribution in [0.5, 0.6) is 0 Å². The molecule has 0 unspecified atom stereocenters. The number of nitrogens with two attached hydrogens (primary N) is 1. The van der Waals surface area contributed by atoms with Crippen LogP contribution in [0.1, 0.15) is 24.9 Å². The normalized spacial score (nSPS) is 12.5. The fourth-order valence-electron chi connectivity index (χ4n) is 2.44. The second-order valence-corrected chi connectivity index (χ2v) is 6.33. The summed E-state index contributed by atoms with van der Waals surface area (Å²) in [4.78, 5) is 35.6. The highest BCUT2D eigenvalue weighted by molar-refractivity contribution is 6.31. The average Bonchev–Trinajstić information content (AvgIpc) is 2.61. The summed E-state index contributed by atoms with van der Waals surface area (Å²) in [5, 5.41) is 5.21. The molecule has 4 N–H and O–H groups in total. The fourth-order valence-corrected chi connectivity index (χ4v) is 2.71. The Hall–Kier alpha value is -3.13. The van der Waals surface area contributed by atoms with Crippen LogP contribution < -0.4 is 16.4 Å². The number of anilines is 1. The topological polar surface area (TPSA) is 111 Å². The van der Waals surface area contributed by atoms with Crippen molar-refractivity contribution in [1.29, 1.82) is 0 Å². The Bertz CT molecular complexity index is 878. The molecule has 0 fully saturated rings. The van der Waals surface area contributed by atoms with Crippen molar-refractivity contribution in [3.05, 3.63) is 64.9 Å². The van der Waals surface area contributed by atoms with Gasteiger partial charge in [-0.3, -0.25) is 9.59 Å². The first-order valence-electron chi connectivity index (χ1n) is 8.32. The van der Waals surface area contributed by atoms with Gasteiger partial charge in [0, 0.05) is 10.7 Å². The summed E-state index contributed by atoms with van der Waals surface area (Å²) in [6.45, 7) is 1.37.